The molecule has 6 heteroatoms. The molecule has 1 aromatic heterocycles. The van der Waals surface area contributed by atoms with Crippen molar-refractivity contribution in [2.75, 3.05) is 6.61 Å². The van der Waals surface area contributed by atoms with Crippen molar-refractivity contribution in [1.82, 2.24) is 20.2 Å². The number of aliphatic hydroxyl groups is 1. The first-order chi connectivity index (χ1) is 8.20. The Bertz CT molecular complexity index is 533. The monoisotopic (exact) mass is 234 g/mol. The highest BCUT2D eigenvalue weighted by Gasteiger charge is 2.08. The van der Waals surface area contributed by atoms with E-state index in [0.29, 0.717) is 11.4 Å². The van der Waals surface area contributed by atoms with Gasteiger partial charge >= 0.3 is 0 Å². The summed E-state index contributed by atoms with van der Waals surface area (Å²) >= 11 is 0. The molecular formula is C11H11FN4O. The summed E-state index contributed by atoms with van der Waals surface area (Å²) in [6, 6.07) is 5.95. The summed E-state index contributed by atoms with van der Waals surface area (Å²) in [5.74, 6) is 0.185. The Balaban J connectivity index is 2.36. The second kappa shape index (κ2) is 4.84. The fraction of sp³-hybridized carbons (Fsp3) is 0.182. The lowest BCUT2D eigenvalue weighted by Gasteiger charge is -2.02. The minimum Gasteiger partial charge on any atom is -0.392 e. The maximum absolute atomic E-state index is 12.7. The molecule has 2 aromatic rings. The highest BCUT2D eigenvalue weighted by Crippen LogP contribution is 2.14. The number of aryl methyl sites for hydroxylation is 1. The lowest BCUT2D eigenvalue weighted by atomic mass is 10.1. The van der Waals surface area contributed by atoms with Gasteiger partial charge in [0.25, 0.3) is 0 Å². The summed E-state index contributed by atoms with van der Waals surface area (Å²) < 4.78 is 14.2. The van der Waals surface area contributed by atoms with E-state index in [0.717, 1.165) is 5.56 Å². The maximum atomic E-state index is 12.7. The van der Waals surface area contributed by atoms with Gasteiger partial charge in [-0.1, -0.05) is 12.1 Å². The number of halogens is 1. The largest absolute Gasteiger partial charge is 0.392 e. The van der Waals surface area contributed by atoms with E-state index >= 15 is 0 Å². The molecule has 0 saturated carbocycles. The number of aliphatic hydroxyl groups excluding tert-OH is 1. The molecule has 0 bridgehead atoms. The van der Waals surface area contributed by atoms with Crippen LogP contribution in [0.1, 0.15) is 11.4 Å². The molecule has 0 radical (unpaired) electrons. The molecule has 0 amide bonds. The van der Waals surface area contributed by atoms with Crippen LogP contribution < -0.4 is 0 Å². The third-order valence-corrected chi connectivity index (χ3v) is 2.29. The van der Waals surface area contributed by atoms with Crippen LogP contribution in [0.4, 0.5) is 4.39 Å². The molecule has 0 fully saturated rings. The van der Waals surface area contributed by atoms with Gasteiger partial charge in [0, 0.05) is 12.6 Å². The Kier molecular flexibility index (Phi) is 3.24. The van der Waals surface area contributed by atoms with Crippen molar-refractivity contribution >= 4 is 11.6 Å². The molecule has 0 aliphatic rings. The van der Waals surface area contributed by atoms with Crippen LogP contribution in [0.3, 0.4) is 0 Å². The van der Waals surface area contributed by atoms with E-state index in [9.17, 15) is 9.50 Å². The molecule has 0 saturated heterocycles. The quantitative estimate of drug-likeness (QED) is 0.856. The fourth-order valence-electron chi connectivity index (χ4n) is 1.44. The number of hydrogen-bond acceptors (Lipinski definition) is 4. The summed E-state index contributed by atoms with van der Waals surface area (Å²) in [6.07, 6.45) is 1.71. The molecule has 0 spiro atoms. The Hall–Kier alpha value is -2.08. The fourth-order valence-corrected chi connectivity index (χ4v) is 1.44. The number of rotatable bonds is 3. The number of aromatic nitrogens is 4. The normalized spacial score (nSPS) is 11.8. The van der Waals surface area contributed by atoms with Crippen molar-refractivity contribution in [3.05, 3.63) is 41.5 Å². The first kappa shape index (κ1) is 11.4. The van der Waals surface area contributed by atoms with E-state index in [1.807, 2.05) is 0 Å². The van der Waals surface area contributed by atoms with Gasteiger partial charge in [0.1, 0.15) is 5.82 Å². The van der Waals surface area contributed by atoms with Crippen LogP contribution in [0, 0.1) is 5.82 Å². The molecule has 1 N–H and O–H groups in total. The topological polar surface area (TPSA) is 63.8 Å². The summed E-state index contributed by atoms with van der Waals surface area (Å²) in [7, 11) is 1.68. The Morgan fingerprint density at radius 3 is 2.65 bits per heavy atom. The molecule has 1 aromatic carbocycles. The van der Waals surface area contributed by atoms with Gasteiger partial charge < -0.3 is 5.11 Å². The molecule has 5 nitrogen and oxygen atoms in total. The minimum atomic E-state index is -0.298. The first-order valence-electron chi connectivity index (χ1n) is 5.00. The van der Waals surface area contributed by atoms with Crippen molar-refractivity contribution in [2.45, 2.75) is 0 Å². The minimum absolute atomic E-state index is 0.189. The van der Waals surface area contributed by atoms with E-state index in [-0.39, 0.29) is 12.4 Å². The average molecular weight is 234 g/mol. The summed E-state index contributed by atoms with van der Waals surface area (Å²) in [4.78, 5) is 0. The molecular weight excluding hydrogens is 223 g/mol. The Labute approximate surface area is 97.2 Å². The van der Waals surface area contributed by atoms with Crippen LogP contribution in [0.25, 0.3) is 11.6 Å². The summed E-state index contributed by atoms with van der Waals surface area (Å²) in [5.41, 5.74) is 1.35. The molecule has 0 aliphatic heterocycles. The van der Waals surface area contributed by atoms with Gasteiger partial charge in [0.05, 0.1) is 6.61 Å². The van der Waals surface area contributed by atoms with E-state index in [2.05, 4.69) is 15.5 Å². The number of tetrazole rings is 1. The van der Waals surface area contributed by atoms with Crippen LogP contribution in [0.15, 0.2) is 24.3 Å². The summed E-state index contributed by atoms with van der Waals surface area (Å²) in [6.45, 7) is -0.189. The zero-order chi connectivity index (χ0) is 12.3. The van der Waals surface area contributed by atoms with Crippen molar-refractivity contribution in [2.24, 2.45) is 7.05 Å². The number of benzene rings is 1. The van der Waals surface area contributed by atoms with Crippen molar-refractivity contribution < 1.29 is 9.50 Å². The van der Waals surface area contributed by atoms with Gasteiger partial charge in [-0.15, -0.1) is 5.10 Å². The maximum Gasteiger partial charge on any atom is 0.180 e. The van der Waals surface area contributed by atoms with Crippen LogP contribution in [-0.4, -0.2) is 31.9 Å². The SMILES string of the molecule is Cn1nnnc1C(=Cc1ccc(F)cc1)CO. The highest BCUT2D eigenvalue weighted by atomic mass is 19.1. The molecule has 0 atom stereocenters. The van der Waals surface area contributed by atoms with E-state index in [1.54, 1.807) is 25.3 Å². The Morgan fingerprint density at radius 1 is 1.41 bits per heavy atom. The third-order valence-electron chi connectivity index (χ3n) is 2.29. The summed E-state index contributed by atoms with van der Waals surface area (Å²) in [5, 5.41) is 20.3. The molecule has 17 heavy (non-hydrogen) atoms. The average Bonchev–Trinajstić information content (AvgIpc) is 2.75. The molecule has 1 heterocycles. The van der Waals surface area contributed by atoms with Gasteiger partial charge in [0.2, 0.25) is 0 Å². The van der Waals surface area contributed by atoms with Crippen LogP contribution in [0.5, 0.6) is 0 Å². The highest BCUT2D eigenvalue weighted by molar-refractivity contribution is 5.78. The number of nitrogens with zero attached hydrogens (tertiary/aromatic N) is 4. The second-order valence-electron chi connectivity index (χ2n) is 3.51. The van der Waals surface area contributed by atoms with Gasteiger partial charge in [-0.25, -0.2) is 9.07 Å². The van der Waals surface area contributed by atoms with Gasteiger partial charge in [-0.2, -0.15) is 0 Å². The third kappa shape index (κ3) is 2.54. The molecule has 0 unspecified atom stereocenters. The molecule has 88 valence electrons. The van der Waals surface area contributed by atoms with Gasteiger partial charge in [-0.05, 0) is 34.2 Å². The van der Waals surface area contributed by atoms with Gasteiger partial charge in [0.15, 0.2) is 5.82 Å². The van der Waals surface area contributed by atoms with E-state index in [1.165, 1.54) is 16.8 Å². The van der Waals surface area contributed by atoms with E-state index < -0.39 is 0 Å². The zero-order valence-electron chi connectivity index (χ0n) is 9.21. The van der Waals surface area contributed by atoms with Crippen molar-refractivity contribution in [1.29, 1.82) is 0 Å². The lowest BCUT2D eigenvalue weighted by Crippen LogP contribution is -2.01. The molecule has 0 aliphatic carbocycles. The standard InChI is InChI=1S/C11H11FN4O/c1-16-11(13-14-15-16)9(7-17)6-8-2-4-10(12)5-3-8/h2-6,17H,7H2,1H3. The Morgan fingerprint density at radius 2 is 2.12 bits per heavy atom. The van der Waals surface area contributed by atoms with Crippen LogP contribution in [0.2, 0.25) is 0 Å². The van der Waals surface area contributed by atoms with E-state index in [4.69, 9.17) is 0 Å². The van der Waals surface area contributed by atoms with Crippen molar-refractivity contribution in [3.8, 4) is 0 Å². The van der Waals surface area contributed by atoms with Crippen LogP contribution >= 0.6 is 0 Å². The molecule has 2 rings (SSSR count). The second-order valence-corrected chi connectivity index (χ2v) is 3.51. The predicted octanol–water partition coefficient (Wildman–Crippen LogP) is 0.882. The van der Waals surface area contributed by atoms with Crippen LogP contribution in [-0.2, 0) is 7.05 Å². The zero-order valence-corrected chi connectivity index (χ0v) is 9.21. The number of hydrogen-bond donors (Lipinski definition) is 1. The van der Waals surface area contributed by atoms with Gasteiger partial charge in [-0.3, -0.25) is 0 Å². The van der Waals surface area contributed by atoms with Crippen molar-refractivity contribution in [3.63, 3.8) is 0 Å². The predicted molar refractivity (Wildman–Crippen MR) is 60.2 cm³/mol. The first-order valence-corrected chi connectivity index (χ1v) is 5.00. The lowest BCUT2D eigenvalue weighted by molar-refractivity contribution is 0.349. The smallest absolute Gasteiger partial charge is 0.180 e.